The number of hydrogen-bond donors (Lipinski definition) is 1. The second-order valence-electron chi connectivity index (χ2n) is 4.87. The molecular weight excluding hydrogens is 254 g/mol. The van der Waals surface area contributed by atoms with Crippen LogP contribution in [0.4, 0.5) is 5.69 Å². The van der Waals surface area contributed by atoms with E-state index < -0.39 is 0 Å². The first-order valence-corrected chi connectivity index (χ1v) is 6.31. The number of fused-ring (bicyclic) bond motifs is 1. The largest absolute Gasteiger partial charge is 0.397 e. The minimum atomic E-state index is -0.116. The monoisotopic (exact) mass is 267 g/mol. The first kappa shape index (κ1) is 11.7. The maximum Gasteiger partial charge on any atom is 0.274 e. The van der Waals surface area contributed by atoms with Crippen LogP contribution in [0.3, 0.4) is 0 Å². The lowest BCUT2D eigenvalue weighted by atomic mass is 10.0. The van der Waals surface area contributed by atoms with Crippen molar-refractivity contribution in [2.24, 2.45) is 11.8 Å². The van der Waals surface area contributed by atoms with Gasteiger partial charge in [-0.25, -0.2) is 4.98 Å². The summed E-state index contributed by atoms with van der Waals surface area (Å²) in [5.74, 6) is 0.803. The summed E-state index contributed by atoms with van der Waals surface area (Å²) in [7, 11) is 0. The SMILES string of the molecule is Nc1cnc(C(=O)N2C[C@H]3COC[C@H]3C2)c(Cl)c1. The zero-order valence-electron chi connectivity index (χ0n) is 9.80. The molecule has 0 aliphatic carbocycles. The summed E-state index contributed by atoms with van der Waals surface area (Å²) < 4.78 is 5.39. The summed E-state index contributed by atoms with van der Waals surface area (Å²) >= 11 is 6.01. The summed E-state index contributed by atoms with van der Waals surface area (Å²) in [4.78, 5) is 18.2. The minimum Gasteiger partial charge on any atom is -0.397 e. The zero-order chi connectivity index (χ0) is 12.7. The molecule has 1 amide bonds. The molecule has 18 heavy (non-hydrogen) atoms. The van der Waals surface area contributed by atoms with Crippen LogP contribution >= 0.6 is 11.6 Å². The van der Waals surface area contributed by atoms with E-state index in [4.69, 9.17) is 22.1 Å². The summed E-state index contributed by atoms with van der Waals surface area (Å²) in [5.41, 5.74) is 6.31. The Labute approximate surface area is 110 Å². The van der Waals surface area contributed by atoms with Crippen molar-refractivity contribution < 1.29 is 9.53 Å². The summed E-state index contributed by atoms with van der Waals surface area (Å²) in [6, 6.07) is 1.56. The van der Waals surface area contributed by atoms with Gasteiger partial charge in [0, 0.05) is 24.9 Å². The number of nitrogens with two attached hydrogens (primary N) is 1. The second-order valence-corrected chi connectivity index (χ2v) is 5.27. The third-order valence-corrected chi connectivity index (χ3v) is 3.88. The van der Waals surface area contributed by atoms with Gasteiger partial charge in [0.1, 0.15) is 5.69 Å². The Kier molecular flexibility index (Phi) is 2.87. The van der Waals surface area contributed by atoms with Gasteiger partial charge in [0.2, 0.25) is 0 Å². The fourth-order valence-electron chi connectivity index (χ4n) is 2.61. The maximum absolute atomic E-state index is 12.3. The smallest absolute Gasteiger partial charge is 0.274 e. The van der Waals surface area contributed by atoms with Crippen LogP contribution in [0.15, 0.2) is 12.3 Å². The highest BCUT2D eigenvalue weighted by Gasteiger charge is 2.39. The number of anilines is 1. The molecule has 1 aromatic rings. The van der Waals surface area contributed by atoms with Gasteiger partial charge in [-0.2, -0.15) is 0 Å². The van der Waals surface area contributed by atoms with E-state index >= 15 is 0 Å². The molecule has 1 aromatic heterocycles. The number of halogens is 1. The van der Waals surface area contributed by atoms with Crippen LogP contribution in [0.25, 0.3) is 0 Å². The number of pyridine rings is 1. The summed E-state index contributed by atoms with van der Waals surface area (Å²) in [6.07, 6.45) is 1.46. The maximum atomic E-state index is 12.3. The molecule has 2 atom stereocenters. The van der Waals surface area contributed by atoms with E-state index in [2.05, 4.69) is 4.98 Å². The standard InChI is InChI=1S/C12H14ClN3O2/c13-10-1-9(14)2-15-11(10)12(17)16-3-7-5-18-6-8(7)4-16/h1-2,7-8H,3-6,14H2/t7-,8+. The molecule has 6 heteroatoms. The molecule has 0 unspecified atom stereocenters. The molecular formula is C12H14ClN3O2. The van der Waals surface area contributed by atoms with Gasteiger partial charge < -0.3 is 15.4 Å². The summed E-state index contributed by atoms with van der Waals surface area (Å²) in [5, 5.41) is 0.313. The quantitative estimate of drug-likeness (QED) is 0.825. The molecule has 0 aromatic carbocycles. The number of amides is 1. The number of likely N-dealkylation sites (tertiary alicyclic amines) is 1. The lowest BCUT2D eigenvalue weighted by Gasteiger charge is -2.17. The molecule has 2 saturated heterocycles. The van der Waals surface area contributed by atoms with Gasteiger partial charge in [0.25, 0.3) is 5.91 Å². The van der Waals surface area contributed by atoms with Crippen molar-refractivity contribution in [3.8, 4) is 0 Å². The van der Waals surface area contributed by atoms with Gasteiger partial charge >= 0.3 is 0 Å². The van der Waals surface area contributed by atoms with E-state index in [0.717, 1.165) is 26.3 Å². The van der Waals surface area contributed by atoms with Gasteiger partial charge in [-0.3, -0.25) is 4.79 Å². The van der Waals surface area contributed by atoms with Crippen molar-refractivity contribution in [2.75, 3.05) is 32.0 Å². The van der Waals surface area contributed by atoms with Crippen LogP contribution in [0.5, 0.6) is 0 Å². The molecule has 2 aliphatic heterocycles. The Morgan fingerprint density at radius 1 is 1.44 bits per heavy atom. The van der Waals surface area contributed by atoms with E-state index in [9.17, 15) is 4.79 Å². The van der Waals surface area contributed by atoms with E-state index in [1.807, 2.05) is 4.90 Å². The molecule has 2 N–H and O–H groups in total. The average molecular weight is 268 g/mol. The topological polar surface area (TPSA) is 68.5 Å². The first-order chi connectivity index (χ1) is 8.65. The van der Waals surface area contributed by atoms with Gasteiger partial charge in [0.15, 0.2) is 0 Å². The fourth-order valence-corrected chi connectivity index (χ4v) is 2.87. The lowest BCUT2D eigenvalue weighted by molar-refractivity contribution is 0.0746. The van der Waals surface area contributed by atoms with Gasteiger partial charge in [-0.15, -0.1) is 0 Å². The predicted octanol–water partition coefficient (Wildman–Crippen LogP) is 1.04. The van der Waals surface area contributed by atoms with Crippen LogP contribution in [0.1, 0.15) is 10.5 Å². The number of nitrogen functional groups attached to an aromatic ring is 1. The van der Waals surface area contributed by atoms with Crippen LogP contribution in [0.2, 0.25) is 5.02 Å². The van der Waals surface area contributed by atoms with Crippen LogP contribution < -0.4 is 5.73 Å². The third-order valence-electron chi connectivity index (χ3n) is 3.59. The predicted molar refractivity (Wildman–Crippen MR) is 67.4 cm³/mol. The van der Waals surface area contributed by atoms with Crippen molar-refractivity contribution >= 4 is 23.2 Å². The van der Waals surface area contributed by atoms with Crippen molar-refractivity contribution in [1.29, 1.82) is 0 Å². The summed E-state index contributed by atoms with van der Waals surface area (Å²) in [6.45, 7) is 2.95. The molecule has 2 fully saturated rings. The Hall–Kier alpha value is -1.33. The second kappa shape index (κ2) is 4.40. The Bertz CT molecular complexity index is 482. The van der Waals surface area contributed by atoms with Crippen molar-refractivity contribution in [3.63, 3.8) is 0 Å². The average Bonchev–Trinajstić information content (AvgIpc) is 2.87. The van der Waals surface area contributed by atoms with E-state index in [1.54, 1.807) is 6.07 Å². The van der Waals surface area contributed by atoms with Gasteiger partial charge in [-0.1, -0.05) is 11.6 Å². The van der Waals surface area contributed by atoms with E-state index in [-0.39, 0.29) is 11.6 Å². The van der Waals surface area contributed by atoms with Crippen molar-refractivity contribution in [3.05, 3.63) is 23.0 Å². The number of rotatable bonds is 1. The van der Waals surface area contributed by atoms with Crippen molar-refractivity contribution in [2.45, 2.75) is 0 Å². The first-order valence-electron chi connectivity index (χ1n) is 5.93. The van der Waals surface area contributed by atoms with Crippen LogP contribution in [-0.4, -0.2) is 42.1 Å². The lowest BCUT2D eigenvalue weighted by Crippen LogP contribution is -2.31. The number of carbonyl (C=O) groups is 1. The Balaban J connectivity index is 1.79. The van der Waals surface area contributed by atoms with Crippen LogP contribution in [0, 0.1) is 11.8 Å². The molecule has 0 saturated carbocycles. The van der Waals surface area contributed by atoms with Crippen LogP contribution in [-0.2, 0) is 4.74 Å². The molecule has 3 heterocycles. The molecule has 0 spiro atoms. The van der Waals surface area contributed by atoms with Gasteiger partial charge in [-0.05, 0) is 6.07 Å². The Morgan fingerprint density at radius 2 is 2.11 bits per heavy atom. The van der Waals surface area contributed by atoms with Crippen molar-refractivity contribution in [1.82, 2.24) is 9.88 Å². The molecule has 96 valence electrons. The highest BCUT2D eigenvalue weighted by atomic mass is 35.5. The molecule has 3 rings (SSSR count). The highest BCUT2D eigenvalue weighted by Crippen LogP contribution is 2.30. The minimum absolute atomic E-state index is 0.116. The highest BCUT2D eigenvalue weighted by molar-refractivity contribution is 6.33. The van der Waals surface area contributed by atoms with Gasteiger partial charge in [0.05, 0.1) is 30.1 Å². The van der Waals surface area contributed by atoms with E-state index in [1.165, 1.54) is 6.20 Å². The number of hydrogen-bond acceptors (Lipinski definition) is 4. The molecule has 0 radical (unpaired) electrons. The molecule has 2 aliphatic rings. The number of carbonyl (C=O) groups excluding carboxylic acids is 1. The normalized spacial score (nSPS) is 26.4. The third kappa shape index (κ3) is 1.93. The fraction of sp³-hybridized carbons (Fsp3) is 0.500. The Morgan fingerprint density at radius 3 is 2.72 bits per heavy atom. The zero-order valence-corrected chi connectivity index (χ0v) is 10.6. The molecule has 5 nitrogen and oxygen atoms in total. The van der Waals surface area contributed by atoms with E-state index in [0.29, 0.717) is 22.5 Å². The molecule has 0 bridgehead atoms. The number of ether oxygens (including phenoxy) is 1. The number of nitrogens with zero attached hydrogens (tertiary/aromatic N) is 2. The number of aromatic nitrogens is 1.